The maximum atomic E-state index is 6.52. The summed E-state index contributed by atoms with van der Waals surface area (Å²) < 4.78 is 0. The number of nitrogens with one attached hydrogen (secondary N) is 1. The zero-order valence-corrected chi connectivity index (χ0v) is 17.9. The van der Waals surface area contributed by atoms with E-state index >= 15 is 0 Å². The Labute approximate surface area is 190 Å². The van der Waals surface area contributed by atoms with Crippen molar-refractivity contribution in [2.75, 3.05) is 0 Å². The molecule has 2 aromatic carbocycles. The molecule has 0 spiro atoms. The van der Waals surface area contributed by atoms with Crippen LogP contribution in [-0.4, -0.2) is 15.8 Å². The summed E-state index contributed by atoms with van der Waals surface area (Å²) in [5, 5.41) is 4.88. The molecule has 0 aliphatic carbocycles. The van der Waals surface area contributed by atoms with Crippen molar-refractivity contribution in [1.82, 2.24) is 15.3 Å². The highest BCUT2D eigenvalue weighted by molar-refractivity contribution is 6.34. The number of aromatic nitrogens is 2. The second-order valence-corrected chi connectivity index (χ2v) is 8.07. The highest BCUT2D eigenvalue weighted by atomic mass is 35.5. The summed E-state index contributed by atoms with van der Waals surface area (Å²) in [6.07, 6.45) is 3.58. The smallest absolute Gasteiger partial charge is 0.130 e. The molecule has 2 atom stereocenters. The molecule has 2 unspecified atom stereocenters. The second-order valence-electron chi connectivity index (χ2n) is 7.22. The van der Waals surface area contributed by atoms with Gasteiger partial charge < -0.3 is 5.32 Å². The van der Waals surface area contributed by atoms with Gasteiger partial charge in [-0.2, -0.15) is 0 Å². The van der Waals surface area contributed by atoms with Crippen LogP contribution in [0.5, 0.6) is 0 Å². The van der Waals surface area contributed by atoms with Crippen LogP contribution in [0.2, 0.25) is 10.0 Å². The molecular formula is C25H18Cl2N4. The summed E-state index contributed by atoms with van der Waals surface area (Å²) in [6.45, 7) is 0. The van der Waals surface area contributed by atoms with Crippen molar-refractivity contribution in [3.8, 4) is 11.1 Å². The van der Waals surface area contributed by atoms with Gasteiger partial charge in [-0.25, -0.2) is 0 Å². The van der Waals surface area contributed by atoms with Crippen molar-refractivity contribution in [1.29, 1.82) is 0 Å². The molecule has 1 aliphatic rings. The molecule has 0 radical (unpaired) electrons. The van der Waals surface area contributed by atoms with Crippen LogP contribution >= 0.6 is 23.2 Å². The van der Waals surface area contributed by atoms with E-state index in [4.69, 9.17) is 28.2 Å². The lowest BCUT2D eigenvalue weighted by molar-refractivity contribution is 0.546. The first-order valence-corrected chi connectivity index (χ1v) is 10.7. The lowest BCUT2D eigenvalue weighted by Crippen LogP contribution is -2.26. The third kappa shape index (κ3) is 3.92. The lowest BCUT2D eigenvalue weighted by atomic mass is 9.98. The Morgan fingerprint density at radius 1 is 0.677 bits per heavy atom. The van der Waals surface area contributed by atoms with Crippen LogP contribution in [0.4, 0.5) is 0 Å². The van der Waals surface area contributed by atoms with Crippen molar-refractivity contribution in [2.24, 2.45) is 4.99 Å². The van der Waals surface area contributed by atoms with Gasteiger partial charge in [0.05, 0.1) is 17.4 Å². The largest absolute Gasteiger partial charge is 0.359 e. The molecule has 0 saturated heterocycles. The van der Waals surface area contributed by atoms with Gasteiger partial charge in [-0.05, 0) is 54.1 Å². The van der Waals surface area contributed by atoms with Crippen molar-refractivity contribution >= 4 is 29.0 Å². The minimum atomic E-state index is -0.208. The normalized spacial score (nSPS) is 17.8. The minimum Gasteiger partial charge on any atom is -0.359 e. The Kier molecular flexibility index (Phi) is 5.41. The van der Waals surface area contributed by atoms with E-state index in [-0.39, 0.29) is 12.1 Å². The van der Waals surface area contributed by atoms with E-state index in [9.17, 15) is 0 Å². The first-order chi connectivity index (χ1) is 15.2. The quantitative estimate of drug-likeness (QED) is 0.402. The Morgan fingerprint density at radius 3 is 2.10 bits per heavy atom. The van der Waals surface area contributed by atoms with Gasteiger partial charge in [-0.1, -0.05) is 53.5 Å². The Hall–Kier alpha value is -3.21. The predicted octanol–water partition coefficient (Wildman–Crippen LogP) is 6.28. The van der Waals surface area contributed by atoms with Gasteiger partial charge in [0, 0.05) is 33.6 Å². The van der Waals surface area contributed by atoms with Crippen LogP contribution in [-0.2, 0) is 0 Å². The summed E-state index contributed by atoms with van der Waals surface area (Å²) in [4.78, 5) is 14.2. The van der Waals surface area contributed by atoms with E-state index in [1.165, 1.54) is 0 Å². The van der Waals surface area contributed by atoms with Crippen LogP contribution in [0.25, 0.3) is 11.1 Å². The van der Waals surface area contributed by atoms with Crippen molar-refractivity contribution in [2.45, 2.75) is 12.1 Å². The number of hydrogen-bond donors (Lipinski definition) is 1. The zero-order chi connectivity index (χ0) is 21.2. The molecule has 1 N–H and O–H groups in total. The molecule has 0 amide bonds. The van der Waals surface area contributed by atoms with Crippen molar-refractivity contribution in [3.05, 3.63) is 118 Å². The number of hydrogen-bond acceptors (Lipinski definition) is 4. The Morgan fingerprint density at radius 2 is 1.39 bits per heavy atom. The molecule has 152 valence electrons. The van der Waals surface area contributed by atoms with Crippen molar-refractivity contribution < 1.29 is 0 Å². The SMILES string of the molecule is Clc1ccc(C2=NC(c3ccccn3)C(c3ccccn3)N2)c(-c2ccccc2Cl)c1. The lowest BCUT2D eigenvalue weighted by Gasteiger charge is -2.18. The highest BCUT2D eigenvalue weighted by Crippen LogP contribution is 2.38. The molecule has 1 aliphatic heterocycles. The van der Waals surface area contributed by atoms with Crippen LogP contribution in [0, 0.1) is 0 Å². The summed E-state index contributed by atoms with van der Waals surface area (Å²) in [7, 11) is 0. The summed E-state index contributed by atoms with van der Waals surface area (Å²) >= 11 is 12.9. The molecule has 0 fully saturated rings. The molecule has 4 nitrogen and oxygen atoms in total. The number of amidine groups is 1. The van der Waals surface area contributed by atoms with Gasteiger partial charge in [0.15, 0.2) is 0 Å². The maximum absolute atomic E-state index is 6.52. The molecule has 0 saturated carbocycles. The van der Waals surface area contributed by atoms with Gasteiger partial charge in [-0.3, -0.25) is 15.0 Å². The van der Waals surface area contributed by atoms with E-state index in [0.29, 0.717) is 10.0 Å². The van der Waals surface area contributed by atoms with Crippen LogP contribution in [0.3, 0.4) is 0 Å². The third-order valence-corrected chi connectivity index (χ3v) is 5.84. The highest BCUT2D eigenvalue weighted by Gasteiger charge is 2.34. The molecule has 6 heteroatoms. The van der Waals surface area contributed by atoms with Crippen molar-refractivity contribution in [3.63, 3.8) is 0 Å². The molecule has 0 bridgehead atoms. The number of nitrogens with zero attached hydrogens (tertiary/aromatic N) is 3. The monoisotopic (exact) mass is 444 g/mol. The fourth-order valence-electron chi connectivity index (χ4n) is 3.83. The minimum absolute atomic E-state index is 0.138. The summed E-state index contributed by atoms with van der Waals surface area (Å²) in [6, 6.07) is 24.9. The van der Waals surface area contributed by atoms with Gasteiger partial charge in [0.25, 0.3) is 0 Å². The van der Waals surface area contributed by atoms with E-state index in [1.807, 2.05) is 78.9 Å². The molecule has 4 aromatic rings. The van der Waals surface area contributed by atoms with Crippen LogP contribution in [0.15, 0.2) is 96.2 Å². The molecule has 2 aromatic heterocycles. The molecule has 5 rings (SSSR count). The standard InChI is InChI=1S/C25H18Cl2N4/c26-16-11-12-18(19(15-16)17-7-1-2-8-20(17)27)25-30-23(21-9-3-5-13-28-21)24(31-25)22-10-4-6-14-29-22/h1-15,23-24H,(H,30,31). The van der Waals surface area contributed by atoms with Crippen LogP contribution in [0.1, 0.15) is 29.0 Å². The maximum Gasteiger partial charge on any atom is 0.130 e. The van der Waals surface area contributed by atoms with Gasteiger partial charge in [0.1, 0.15) is 11.9 Å². The van der Waals surface area contributed by atoms with E-state index < -0.39 is 0 Å². The van der Waals surface area contributed by atoms with E-state index in [2.05, 4.69) is 15.3 Å². The predicted molar refractivity (Wildman–Crippen MR) is 126 cm³/mol. The molecule has 3 heterocycles. The first kappa shape index (κ1) is 19.7. The summed E-state index contributed by atoms with van der Waals surface area (Å²) in [5.41, 5.74) is 4.54. The number of pyridine rings is 2. The topological polar surface area (TPSA) is 50.2 Å². The van der Waals surface area contributed by atoms with Crippen LogP contribution < -0.4 is 5.32 Å². The Balaban J connectivity index is 1.64. The van der Waals surface area contributed by atoms with Gasteiger partial charge in [-0.15, -0.1) is 0 Å². The number of halogens is 2. The third-order valence-electron chi connectivity index (χ3n) is 5.27. The average Bonchev–Trinajstić information content (AvgIpc) is 3.26. The summed E-state index contributed by atoms with van der Waals surface area (Å²) in [5.74, 6) is 0.762. The fraction of sp³-hybridized carbons (Fsp3) is 0.0800. The van der Waals surface area contributed by atoms with Gasteiger partial charge in [0.2, 0.25) is 0 Å². The fourth-order valence-corrected chi connectivity index (χ4v) is 4.24. The Bertz CT molecular complexity index is 1240. The average molecular weight is 445 g/mol. The number of aliphatic imine (C=N–C) groups is 1. The first-order valence-electron chi connectivity index (χ1n) is 9.92. The van der Waals surface area contributed by atoms with E-state index in [1.54, 1.807) is 12.4 Å². The van der Waals surface area contributed by atoms with Gasteiger partial charge >= 0.3 is 0 Å². The number of benzene rings is 2. The molecular weight excluding hydrogens is 427 g/mol. The molecule has 31 heavy (non-hydrogen) atoms. The second kappa shape index (κ2) is 8.50. The zero-order valence-electron chi connectivity index (χ0n) is 16.4. The number of rotatable bonds is 4. The van der Waals surface area contributed by atoms with E-state index in [0.717, 1.165) is 33.9 Å².